The number of hydrogen-bond donors (Lipinski definition) is 2. The van der Waals surface area contributed by atoms with Gasteiger partial charge < -0.3 is 15.3 Å². The Balaban J connectivity index is 2.39. The lowest BCUT2D eigenvalue weighted by Crippen LogP contribution is -2.41. The smallest absolute Gasteiger partial charge is 0.317 e. The molecule has 0 radical (unpaired) electrons. The second kappa shape index (κ2) is 7.04. The van der Waals surface area contributed by atoms with Crippen LogP contribution in [0.5, 0.6) is 0 Å². The average molecular weight is 272 g/mol. The highest BCUT2D eigenvalue weighted by Crippen LogP contribution is 2.08. The van der Waals surface area contributed by atoms with Crippen LogP contribution in [0, 0.1) is 11.6 Å². The first-order chi connectivity index (χ1) is 8.88. The number of nitrogens with zero attached hydrogens (tertiary/aromatic N) is 1. The number of carbonyl (C=O) groups excluding carboxylic acids is 1. The van der Waals surface area contributed by atoms with Crippen molar-refractivity contribution in [2.24, 2.45) is 0 Å². The van der Waals surface area contributed by atoms with E-state index in [-0.39, 0.29) is 19.1 Å². The summed E-state index contributed by atoms with van der Waals surface area (Å²) in [7, 11) is 1.56. The van der Waals surface area contributed by atoms with Crippen molar-refractivity contribution in [2.45, 2.75) is 19.4 Å². The average Bonchev–Trinajstić information content (AvgIpc) is 2.26. The van der Waals surface area contributed by atoms with E-state index in [9.17, 15) is 13.6 Å². The van der Waals surface area contributed by atoms with Gasteiger partial charge in [0.15, 0.2) is 0 Å². The summed E-state index contributed by atoms with van der Waals surface area (Å²) in [5.41, 5.74) is 0.482. The molecule has 0 aliphatic carbocycles. The van der Waals surface area contributed by atoms with Crippen molar-refractivity contribution in [2.75, 3.05) is 20.1 Å². The maximum Gasteiger partial charge on any atom is 0.317 e. The number of nitrogens with one attached hydrogen (secondary N) is 1. The molecule has 6 heteroatoms. The van der Waals surface area contributed by atoms with Crippen molar-refractivity contribution in [3.63, 3.8) is 0 Å². The lowest BCUT2D eigenvalue weighted by atomic mass is 10.1. The predicted octanol–water partition coefficient (Wildman–Crippen LogP) is 1.53. The number of carbonyl (C=O) groups is 1. The summed E-state index contributed by atoms with van der Waals surface area (Å²) in [5, 5.41) is 11.7. The molecule has 0 heterocycles. The van der Waals surface area contributed by atoms with Gasteiger partial charge in [0.2, 0.25) is 0 Å². The van der Waals surface area contributed by atoms with Gasteiger partial charge in [0.1, 0.15) is 11.6 Å². The van der Waals surface area contributed by atoms with Crippen molar-refractivity contribution in [1.29, 1.82) is 0 Å². The number of benzene rings is 1. The molecule has 1 atom stereocenters. The maximum atomic E-state index is 12.9. The van der Waals surface area contributed by atoms with E-state index >= 15 is 0 Å². The van der Waals surface area contributed by atoms with Crippen LogP contribution in [0.4, 0.5) is 13.6 Å². The standard InChI is InChI=1S/C13H18F2N2O2/c1-9(18)8-17(2)13(19)16-4-3-10-5-11(14)7-12(15)6-10/h5-7,9,18H,3-4,8H2,1-2H3,(H,16,19). The predicted molar refractivity (Wildman–Crippen MR) is 67.8 cm³/mol. The van der Waals surface area contributed by atoms with Gasteiger partial charge in [-0.2, -0.15) is 0 Å². The summed E-state index contributed by atoms with van der Waals surface area (Å²) in [5.74, 6) is -1.26. The van der Waals surface area contributed by atoms with E-state index in [1.807, 2.05) is 0 Å². The van der Waals surface area contributed by atoms with Gasteiger partial charge in [-0.15, -0.1) is 0 Å². The lowest BCUT2D eigenvalue weighted by Gasteiger charge is -2.19. The van der Waals surface area contributed by atoms with E-state index in [1.165, 1.54) is 17.0 Å². The molecule has 2 amide bonds. The van der Waals surface area contributed by atoms with E-state index in [4.69, 9.17) is 5.11 Å². The fourth-order valence-corrected chi connectivity index (χ4v) is 1.68. The maximum absolute atomic E-state index is 12.9. The summed E-state index contributed by atoms with van der Waals surface area (Å²) in [6, 6.07) is 2.93. The molecule has 0 spiro atoms. The monoisotopic (exact) mass is 272 g/mol. The molecule has 1 unspecified atom stereocenters. The number of hydrogen-bond acceptors (Lipinski definition) is 2. The zero-order valence-electron chi connectivity index (χ0n) is 11.0. The van der Waals surface area contributed by atoms with Crippen molar-refractivity contribution < 1.29 is 18.7 Å². The van der Waals surface area contributed by atoms with Crippen LogP contribution in [0.3, 0.4) is 0 Å². The molecule has 0 saturated heterocycles. The van der Waals surface area contributed by atoms with Crippen LogP contribution in [-0.4, -0.2) is 42.3 Å². The molecule has 2 N–H and O–H groups in total. The van der Waals surface area contributed by atoms with Crippen molar-refractivity contribution in [3.8, 4) is 0 Å². The minimum absolute atomic E-state index is 0.223. The first-order valence-corrected chi connectivity index (χ1v) is 6.00. The van der Waals surface area contributed by atoms with Gasteiger partial charge >= 0.3 is 6.03 Å². The number of aliphatic hydroxyl groups excluding tert-OH is 1. The summed E-state index contributed by atoms with van der Waals surface area (Å²) in [4.78, 5) is 12.9. The van der Waals surface area contributed by atoms with Crippen LogP contribution in [0.15, 0.2) is 18.2 Å². The molecule has 1 aromatic carbocycles. The Kier molecular flexibility index (Phi) is 5.69. The highest BCUT2D eigenvalue weighted by molar-refractivity contribution is 5.73. The Morgan fingerprint density at radius 3 is 2.47 bits per heavy atom. The fourth-order valence-electron chi connectivity index (χ4n) is 1.68. The van der Waals surface area contributed by atoms with Crippen molar-refractivity contribution >= 4 is 6.03 Å². The van der Waals surface area contributed by atoms with Gasteiger partial charge in [0.25, 0.3) is 0 Å². The van der Waals surface area contributed by atoms with Gasteiger partial charge in [0.05, 0.1) is 6.10 Å². The Bertz CT molecular complexity index is 418. The largest absolute Gasteiger partial charge is 0.392 e. The summed E-state index contributed by atoms with van der Waals surface area (Å²) < 4.78 is 25.8. The number of amides is 2. The van der Waals surface area contributed by atoms with Crippen LogP contribution in [-0.2, 0) is 6.42 Å². The Hall–Kier alpha value is -1.69. The van der Waals surface area contributed by atoms with E-state index in [1.54, 1.807) is 14.0 Å². The summed E-state index contributed by atoms with van der Waals surface area (Å²) in [6.45, 7) is 2.08. The van der Waals surface area contributed by atoms with Gasteiger partial charge in [-0.3, -0.25) is 0 Å². The molecule has 4 nitrogen and oxygen atoms in total. The number of rotatable bonds is 5. The number of likely N-dealkylation sites (N-methyl/N-ethyl adjacent to an activating group) is 1. The third kappa shape index (κ3) is 5.65. The Morgan fingerprint density at radius 2 is 1.95 bits per heavy atom. The molecular formula is C13H18F2N2O2. The van der Waals surface area contributed by atoms with Gasteiger partial charge in [-0.05, 0) is 31.0 Å². The normalized spacial score (nSPS) is 12.1. The third-order valence-electron chi connectivity index (χ3n) is 2.50. The minimum Gasteiger partial charge on any atom is -0.392 e. The Morgan fingerprint density at radius 1 is 1.37 bits per heavy atom. The SMILES string of the molecule is CC(O)CN(C)C(=O)NCCc1cc(F)cc(F)c1. The van der Waals surface area contributed by atoms with E-state index in [0.29, 0.717) is 12.0 Å². The van der Waals surface area contributed by atoms with Crippen molar-refractivity contribution in [1.82, 2.24) is 10.2 Å². The van der Waals surface area contributed by atoms with Gasteiger partial charge in [0, 0.05) is 26.2 Å². The minimum atomic E-state index is -0.632. The number of aliphatic hydroxyl groups is 1. The third-order valence-corrected chi connectivity index (χ3v) is 2.50. The second-order valence-electron chi connectivity index (χ2n) is 4.49. The summed E-state index contributed by atoms with van der Waals surface area (Å²) in [6.07, 6.45) is -0.267. The first kappa shape index (κ1) is 15.4. The van der Waals surface area contributed by atoms with Gasteiger partial charge in [-0.1, -0.05) is 0 Å². The molecule has 0 saturated carbocycles. The van der Waals surface area contributed by atoms with E-state index < -0.39 is 17.7 Å². The highest BCUT2D eigenvalue weighted by Gasteiger charge is 2.10. The molecule has 106 valence electrons. The molecule has 0 bridgehead atoms. The molecule has 1 aromatic rings. The van der Waals surface area contributed by atoms with Crippen LogP contribution in [0.1, 0.15) is 12.5 Å². The van der Waals surface area contributed by atoms with Crippen LogP contribution in [0.25, 0.3) is 0 Å². The molecule has 19 heavy (non-hydrogen) atoms. The van der Waals surface area contributed by atoms with Crippen LogP contribution >= 0.6 is 0 Å². The zero-order chi connectivity index (χ0) is 14.4. The zero-order valence-corrected chi connectivity index (χ0v) is 11.0. The summed E-state index contributed by atoms with van der Waals surface area (Å²) >= 11 is 0. The molecular weight excluding hydrogens is 254 g/mol. The molecule has 0 aliphatic rings. The van der Waals surface area contributed by atoms with E-state index in [2.05, 4.69) is 5.32 Å². The number of halogens is 2. The quantitative estimate of drug-likeness (QED) is 0.854. The lowest BCUT2D eigenvalue weighted by molar-refractivity contribution is 0.144. The van der Waals surface area contributed by atoms with Gasteiger partial charge in [-0.25, -0.2) is 13.6 Å². The first-order valence-electron chi connectivity index (χ1n) is 6.00. The molecule has 0 fully saturated rings. The van der Waals surface area contributed by atoms with Crippen LogP contribution in [0.2, 0.25) is 0 Å². The second-order valence-corrected chi connectivity index (χ2v) is 4.49. The Labute approximate surface area is 111 Å². The fraction of sp³-hybridized carbons (Fsp3) is 0.462. The molecule has 0 aliphatic heterocycles. The molecule has 1 rings (SSSR count). The topological polar surface area (TPSA) is 52.6 Å². The van der Waals surface area contributed by atoms with Crippen molar-refractivity contribution in [3.05, 3.63) is 35.4 Å². The highest BCUT2D eigenvalue weighted by atomic mass is 19.1. The van der Waals surface area contributed by atoms with E-state index in [0.717, 1.165) is 6.07 Å². The number of urea groups is 1. The van der Waals surface area contributed by atoms with Crippen LogP contribution < -0.4 is 5.32 Å². The molecule has 0 aromatic heterocycles.